The van der Waals surface area contributed by atoms with E-state index < -0.39 is 0 Å². The van der Waals surface area contributed by atoms with Crippen molar-refractivity contribution in [1.82, 2.24) is 15.3 Å². The summed E-state index contributed by atoms with van der Waals surface area (Å²) in [6.07, 6.45) is 2.27. The smallest absolute Gasteiger partial charge is 0.251 e. The molecule has 0 aliphatic carbocycles. The van der Waals surface area contributed by atoms with Gasteiger partial charge in [0.25, 0.3) is 5.91 Å². The van der Waals surface area contributed by atoms with Gasteiger partial charge in [-0.15, -0.1) is 0 Å². The maximum absolute atomic E-state index is 12.0. The molecule has 25 heavy (non-hydrogen) atoms. The van der Waals surface area contributed by atoms with E-state index in [0.717, 1.165) is 27.6 Å². The topological polar surface area (TPSA) is 87.1 Å². The van der Waals surface area contributed by atoms with Gasteiger partial charge in [0.1, 0.15) is 17.9 Å². The molecular formula is C18H17BrN4O2. The van der Waals surface area contributed by atoms with Crippen LogP contribution in [-0.4, -0.2) is 34.1 Å². The number of anilines is 1. The van der Waals surface area contributed by atoms with Gasteiger partial charge in [-0.3, -0.25) is 4.79 Å². The molecule has 0 bridgehead atoms. The molecule has 0 spiro atoms. The first kappa shape index (κ1) is 17.2. The number of halogens is 1. The van der Waals surface area contributed by atoms with Crippen LogP contribution in [-0.2, 0) is 0 Å². The number of carbonyl (C=O) groups excluding carboxylic acids is 1. The van der Waals surface area contributed by atoms with E-state index in [1.54, 1.807) is 12.1 Å². The summed E-state index contributed by atoms with van der Waals surface area (Å²) in [5.74, 6) is 0.647. The SMILES string of the molecule is O=C(NCCCNc1ncnc2ccc(Br)cc12)c1cccc(O)c1. The Kier molecular flexibility index (Phi) is 5.45. The van der Waals surface area contributed by atoms with E-state index >= 15 is 0 Å². The van der Waals surface area contributed by atoms with Crippen LogP contribution < -0.4 is 10.6 Å². The number of nitrogens with zero attached hydrogens (tertiary/aromatic N) is 2. The Morgan fingerprint density at radius 2 is 2.00 bits per heavy atom. The number of nitrogens with one attached hydrogen (secondary N) is 2. The van der Waals surface area contributed by atoms with Gasteiger partial charge >= 0.3 is 0 Å². The molecule has 3 rings (SSSR count). The third-order valence-electron chi connectivity index (χ3n) is 3.64. The first-order chi connectivity index (χ1) is 12.1. The summed E-state index contributed by atoms with van der Waals surface area (Å²) in [6, 6.07) is 12.1. The predicted molar refractivity (Wildman–Crippen MR) is 101 cm³/mol. The molecule has 6 nitrogen and oxygen atoms in total. The van der Waals surface area contributed by atoms with Gasteiger partial charge in [0.05, 0.1) is 5.52 Å². The average Bonchev–Trinajstić information content (AvgIpc) is 2.61. The van der Waals surface area contributed by atoms with Crippen molar-refractivity contribution in [2.75, 3.05) is 18.4 Å². The van der Waals surface area contributed by atoms with E-state index in [0.29, 0.717) is 18.7 Å². The molecule has 1 aromatic heterocycles. The largest absolute Gasteiger partial charge is 0.508 e. The predicted octanol–water partition coefficient (Wildman–Crippen LogP) is 3.33. The fraction of sp³-hybridized carbons (Fsp3) is 0.167. The van der Waals surface area contributed by atoms with E-state index in [-0.39, 0.29) is 11.7 Å². The molecule has 0 radical (unpaired) electrons. The molecule has 1 heterocycles. The summed E-state index contributed by atoms with van der Waals surface area (Å²) in [6.45, 7) is 1.19. The maximum Gasteiger partial charge on any atom is 0.251 e. The van der Waals surface area contributed by atoms with E-state index in [9.17, 15) is 9.90 Å². The summed E-state index contributed by atoms with van der Waals surface area (Å²) in [5, 5.41) is 16.4. The van der Waals surface area contributed by atoms with E-state index in [4.69, 9.17) is 0 Å². The quantitative estimate of drug-likeness (QED) is 0.552. The lowest BCUT2D eigenvalue weighted by Crippen LogP contribution is -2.25. The van der Waals surface area contributed by atoms with Crippen molar-refractivity contribution >= 4 is 38.6 Å². The van der Waals surface area contributed by atoms with Gasteiger partial charge in [0, 0.05) is 28.5 Å². The van der Waals surface area contributed by atoms with E-state index in [1.807, 2.05) is 18.2 Å². The molecule has 0 saturated carbocycles. The van der Waals surface area contributed by atoms with Crippen LogP contribution in [0.1, 0.15) is 16.8 Å². The van der Waals surface area contributed by atoms with Crippen molar-refractivity contribution in [1.29, 1.82) is 0 Å². The molecule has 0 unspecified atom stereocenters. The molecule has 0 fully saturated rings. The summed E-state index contributed by atoms with van der Waals surface area (Å²) in [7, 11) is 0. The van der Waals surface area contributed by atoms with E-state index in [2.05, 4.69) is 36.5 Å². The minimum absolute atomic E-state index is 0.0797. The van der Waals surface area contributed by atoms with Gasteiger partial charge in [0.2, 0.25) is 0 Å². The van der Waals surface area contributed by atoms with Crippen molar-refractivity contribution in [3.8, 4) is 5.75 Å². The van der Waals surface area contributed by atoms with Crippen LogP contribution in [0.2, 0.25) is 0 Å². The molecule has 0 aliphatic heterocycles. The fourth-order valence-electron chi connectivity index (χ4n) is 2.42. The second-order valence-electron chi connectivity index (χ2n) is 5.47. The van der Waals surface area contributed by atoms with Crippen LogP contribution >= 0.6 is 15.9 Å². The third kappa shape index (κ3) is 4.45. The summed E-state index contributed by atoms with van der Waals surface area (Å²) >= 11 is 3.45. The van der Waals surface area contributed by atoms with Gasteiger partial charge in [-0.2, -0.15) is 0 Å². The molecule has 0 atom stereocenters. The Balaban J connectivity index is 1.51. The summed E-state index contributed by atoms with van der Waals surface area (Å²) in [5.41, 5.74) is 1.32. The second kappa shape index (κ2) is 7.94. The number of amides is 1. The van der Waals surface area contributed by atoms with Crippen molar-refractivity contribution in [3.63, 3.8) is 0 Å². The summed E-state index contributed by atoms with van der Waals surface area (Å²) < 4.78 is 0.969. The molecule has 0 saturated heterocycles. The Hall–Kier alpha value is -2.67. The zero-order valence-corrected chi connectivity index (χ0v) is 15.0. The number of benzene rings is 2. The van der Waals surface area contributed by atoms with Crippen LogP contribution in [0.4, 0.5) is 5.82 Å². The minimum atomic E-state index is -0.202. The number of aromatic nitrogens is 2. The molecule has 3 aromatic rings. The molecule has 0 aliphatic rings. The van der Waals surface area contributed by atoms with Gasteiger partial charge < -0.3 is 15.7 Å². The highest BCUT2D eigenvalue weighted by atomic mass is 79.9. The highest BCUT2D eigenvalue weighted by Crippen LogP contribution is 2.23. The monoisotopic (exact) mass is 400 g/mol. The lowest BCUT2D eigenvalue weighted by Gasteiger charge is -2.09. The summed E-state index contributed by atoms with van der Waals surface area (Å²) in [4.78, 5) is 20.5. The molecule has 7 heteroatoms. The standard InChI is InChI=1S/C18H17BrN4O2/c19-13-5-6-16-15(10-13)17(23-11-22-16)20-7-2-8-21-18(25)12-3-1-4-14(24)9-12/h1,3-6,9-11,24H,2,7-8H2,(H,21,25)(H,20,22,23). The Morgan fingerprint density at radius 1 is 1.12 bits per heavy atom. The highest BCUT2D eigenvalue weighted by Gasteiger charge is 2.06. The van der Waals surface area contributed by atoms with Crippen LogP contribution in [0.15, 0.2) is 53.3 Å². The van der Waals surface area contributed by atoms with Gasteiger partial charge in [-0.1, -0.05) is 22.0 Å². The first-order valence-electron chi connectivity index (χ1n) is 7.85. The maximum atomic E-state index is 12.0. The van der Waals surface area contributed by atoms with Crippen molar-refractivity contribution in [3.05, 3.63) is 58.8 Å². The number of phenols is 1. The molecular weight excluding hydrogens is 384 g/mol. The Bertz CT molecular complexity index is 901. The normalized spacial score (nSPS) is 10.6. The number of hydrogen-bond acceptors (Lipinski definition) is 5. The zero-order chi connectivity index (χ0) is 17.6. The zero-order valence-electron chi connectivity index (χ0n) is 13.4. The number of fused-ring (bicyclic) bond motifs is 1. The lowest BCUT2D eigenvalue weighted by molar-refractivity contribution is 0.0953. The number of phenolic OH excluding ortho intramolecular Hbond substituents is 1. The van der Waals surface area contributed by atoms with Crippen LogP contribution in [0, 0.1) is 0 Å². The molecule has 1 amide bonds. The van der Waals surface area contributed by atoms with Crippen LogP contribution in [0.25, 0.3) is 10.9 Å². The third-order valence-corrected chi connectivity index (χ3v) is 4.13. The second-order valence-corrected chi connectivity index (χ2v) is 6.39. The average molecular weight is 401 g/mol. The fourth-order valence-corrected chi connectivity index (χ4v) is 2.78. The number of rotatable bonds is 6. The van der Waals surface area contributed by atoms with E-state index in [1.165, 1.54) is 18.5 Å². The Morgan fingerprint density at radius 3 is 2.84 bits per heavy atom. The van der Waals surface area contributed by atoms with Gasteiger partial charge in [0.15, 0.2) is 0 Å². The molecule has 128 valence electrons. The lowest BCUT2D eigenvalue weighted by atomic mass is 10.2. The number of carbonyl (C=O) groups is 1. The highest BCUT2D eigenvalue weighted by molar-refractivity contribution is 9.10. The van der Waals surface area contributed by atoms with Crippen LogP contribution in [0.5, 0.6) is 5.75 Å². The van der Waals surface area contributed by atoms with Crippen LogP contribution in [0.3, 0.4) is 0 Å². The first-order valence-corrected chi connectivity index (χ1v) is 8.64. The molecule has 2 aromatic carbocycles. The van der Waals surface area contributed by atoms with Crippen molar-refractivity contribution < 1.29 is 9.90 Å². The number of aromatic hydroxyl groups is 1. The number of hydrogen-bond donors (Lipinski definition) is 3. The Labute approximate surface area is 153 Å². The van der Waals surface area contributed by atoms with Gasteiger partial charge in [-0.25, -0.2) is 9.97 Å². The van der Waals surface area contributed by atoms with Crippen molar-refractivity contribution in [2.45, 2.75) is 6.42 Å². The minimum Gasteiger partial charge on any atom is -0.508 e. The van der Waals surface area contributed by atoms with Gasteiger partial charge in [-0.05, 0) is 42.8 Å². The molecule has 3 N–H and O–H groups in total. The van der Waals surface area contributed by atoms with Crippen molar-refractivity contribution in [2.24, 2.45) is 0 Å².